The summed E-state index contributed by atoms with van der Waals surface area (Å²) in [4.78, 5) is 65.4. The number of nitrogens with one attached hydrogen (secondary N) is 1. The largest absolute Gasteiger partial charge is 0.507 e. The Balaban J connectivity index is 1.09. The molecule has 2 aliphatic heterocycles. The van der Waals surface area contributed by atoms with Crippen LogP contribution in [0.2, 0.25) is 5.02 Å². The molecule has 4 aliphatic rings. The van der Waals surface area contributed by atoms with E-state index in [1.165, 1.54) is 29.2 Å². The number of imide groups is 2. The number of phenolic OH excluding ortho intramolecular Hbond substituents is 1. The van der Waals surface area contributed by atoms with Gasteiger partial charge in [0, 0.05) is 16.5 Å². The van der Waals surface area contributed by atoms with Crippen LogP contribution < -0.4 is 10.3 Å². The molecular formula is C47H36ClFN4O6. The highest BCUT2D eigenvalue weighted by Crippen LogP contribution is 2.64. The van der Waals surface area contributed by atoms with Gasteiger partial charge in [-0.2, -0.15) is 5.01 Å². The highest BCUT2D eigenvalue weighted by Gasteiger charge is 2.70. The molecule has 0 radical (unpaired) electrons. The molecule has 1 saturated carbocycles. The monoisotopic (exact) mass is 806 g/mol. The maximum absolute atomic E-state index is 15.4. The number of nitrogens with zero attached hydrogens (tertiary/aromatic N) is 3. The third-order valence-corrected chi connectivity index (χ3v) is 13.0. The molecule has 59 heavy (non-hydrogen) atoms. The number of para-hydroxylation sites is 2. The number of halogens is 2. The SMILES string of the molecule is Cc1cc(C2C3=CCC4C(=O)N(c5ccc(-c6nc7ccccc7o6)cc5)C(=O)C4C3CC3C(=O)N(Nc4ccc(F)cc4)C(=O)C32c2ccc(Cl)cc2)cc(C)c1O. The van der Waals surface area contributed by atoms with Gasteiger partial charge in [0.15, 0.2) is 5.58 Å². The lowest BCUT2D eigenvalue weighted by Crippen LogP contribution is -2.53. The molecule has 0 bridgehead atoms. The first-order chi connectivity index (χ1) is 28.4. The van der Waals surface area contributed by atoms with Crippen molar-refractivity contribution < 1.29 is 33.1 Å². The van der Waals surface area contributed by atoms with Crippen LogP contribution in [-0.2, 0) is 24.6 Å². The first-order valence-electron chi connectivity index (χ1n) is 19.5. The van der Waals surface area contributed by atoms with E-state index in [1.54, 1.807) is 62.4 Å². The third-order valence-electron chi connectivity index (χ3n) is 12.8. The molecule has 6 aromatic rings. The molecule has 2 aliphatic carbocycles. The highest BCUT2D eigenvalue weighted by atomic mass is 35.5. The van der Waals surface area contributed by atoms with E-state index in [0.29, 0.717) is 61.2 Å². The zero-order chi connectivity index (χ0) is 40.9. The number of carbonyl (C=O) groups is 4. The van der Waals surface area contributed by atoms with Crippen LogP contribution >= 0.6 is 11.6 Å². The summed E-state index contributed by atoms with van der Waals surface area (Å²) in [5, 5.41) is 12.4. The van der Waals surface area contributed by atoms with Gasteiger partial charge in [-0.15, -0.1) is 0 Å². The summed E-state index contributed by atoms with van der Waals surface area (Å²) >= 11 is 6.41. The normalized spacial score (nSPS) is 24.9. The second-order valence-corrected chi connectivity index (χ2v) is 16.4. The number of aromatic nitrogens is 1. The number of anilines is 2. The van der Waals surface area contributed by atoms with Gasteiger partial charge in [-0.05, 0) is 128 Å². The summed E-state index contributed by atoms with van der Waals surface area (Å²) in [6.07, 6.45) is 2.32. The van der Waals surface area contributed by atoms with Gasteiger partial charge in [-0.3, -0.25) is 29.5 Å². The van der Waals surface area contributed by atoms with Gasteiger partial charge in [0.25, 0.3) is 11.8 Å². The Morgan fingerprint density at radius 3 is 2.24 bits per heavy atom. The van der Waals surface area contributed by atoms with E-state index in [0.717, 1.165) is 10.6 Å². The summed E-state index contributed by atoms with van der Waals surface area (Å²) in [6.45, 7) is 3.56. The van der Waals surface area contributed by atoms with Crippen molar-refractivity contribution in [1.82, 2.24) is 9.99 Å². The number of hydrogen-bond donors (Lipinski definition) is 2. The van der Waals surface area contributed by atoms with Gasteiger partial charge in [0.05, 0.1) is 34.5 Å². The molecule has 0 spiro atoms. The molecule has 4 amide bonds. The Kier molecular flexibility index (Phi) is 8.40. The minimum atomic E-state index is -1.54. The molecule has 5 aromatic carbocycles. The summed E-state index contributed by atoms with van der Waals surface area (Å²) in [5.74, 6) is -5.61. The number of fused-ring (bicyclic) bond motifs is 5. The molecule has 294 valence electrons. The van der Waals surface area contributed by atoms with E-state index in [2.05, 4.69) is 10.4 Å². The number of allylic oxidation sites excluding steroid dienone is 2. The number of hydrogen-bond acceptors (Lipinski definition) is 8. The van der Waals surface area contributed by atoms with Gasteiger partial charge in [0.2, 0.25) is 17.7 Å². The van der Waals surface area contributed by atoms with Crippen LogP contribution in [0, 0.1) is 43.3 Å². The first kappa shape index (κ1) is 36.7. The van der Waals surface area contributed by atoms with Gasteiger partial charge in [-0.1, -0.05) is 59.6 Å². The summed E-state index contributed by atoms with van der Waals surface area (Å²) in [7, 11) is 0. The number of rotatable bonds is 6. The number of benzene rings is 5. The summed E-state index contributed by atoms with van der Waals surface area (Å²) in [6, 6.07) is 30.3. The molecule has 3 fully saturated rings. The topological polar surface area (TPSA) is 133 Å². The quantitative estimate of drug-likeness (QED) is 0.126. The highest BCUT2D eigenvalue weighted by molar-refractivity contribution is 6.30. The van der Waals surface area contributed by atoms with E-state index in [-0.39, 0.29) is 30.4 Å². The van der Waals surface area contributed by atoms with Crippen molar-refractivity contribution in [3.05, 3.63) is 154 Å². The molecular weight excluding hydrogens is 771 g/mol. The second-order valence-electron chi connectivity index (χ2n) is 15.9. The fourth-order valence-electron chi connectivity index (χ4n) is 10.2. The average molecular weight is 807 g/mol. The minimum Gasteiger partial charge on any atom is -0.507 e. The van der Waals surface area contributed by atoms with Gasteiger partial charge in [0.1, 0.15) is 17.1 Å². The van der Waals surface area contributed by atoms with Gasteiger partial charge in [-0.25, -0.2) is 9.37 Å². The van der Waals surface area contributed by atoms with Crippen molar-refractivity contribution >= 4 is 57.7 Å². The number of carbonyl (C=O) groups excluding carboxylic acids is 4. The van der Waals surface area contributed by atoms with Crippen molar-refractivity contribution in [1.29, 1.82) is 0 Å². The van der Waals surface area contributed by atoms with E-state index in [4.69, 9.17) is 16.0 Å². The van der Waals surface area contributed by atoms with Gasteiger partial charge < -0.3 is 9.52 Å². The predicted molar refractivity (Wildman–Crippen MR) is 219 cm³/mol. The Bertz CT molecular complexity index is 2730. The van der Waals surface area contributed by atoms with Crippen LogP contribution in [0.5, 0.6) is 5.75 Å². The Morgan fingerprint density at radius 1 is 0.847 bits per heavy atom. The van der Waals surface area contributed by atoms with Crippen molar-refractivity contribution in [2.45, 2.75) is 38.0 Å². The number of oxazole rings is 1. The number of phenols is 1. The first-order valence-corrected chi connectivity index (χ1v) is 19.8. The van der Waals surface area contributed by atoms with E-state index in [1.807, 2.05) is 42.5 Å². The molecule has 6 atom stereocenters. The van der Waals surface area contributed by atoms with Crippen molar-refractivity contribution in [3.8, 4) is 17.2 Å². The van der Waals surface area contributed by atoms with E-state index in [9.17, 15) is 23.9 Å². The Labute approximate surface area is 342 Å². The van der Waals surface area contributed by atoms with Crippen LogP contribution in [0.3, 0.4) is 0 Å². The zero-order valence-electron chi connectivity index (χ0n) is 31.9. The van der Waals surface area contributed by atoms with Crippen LogP contribution in [-0.4, -0.2) is 38.7 Å². The lowest BCUT2D eigenvalue weighted by atomic mass is 9.49. The molecule has 10 nitrogen and oxygen atoms in total. The summed E-state index contributed by atoms with van der Waals surface area (Å²) in [5.41, 5.74) is 7.38. The smallest absolute Gasteiger partial charge is 0.260 e. The number of amides is 4. The lowest BCUT2D eigenvalue weighted by Gasteiger charge is -2.50. The van der Waals surface area contributed by atoms with Crippen molar-refractivity contribution in [2.24, 2.45) is 23.7 Å². The molecule has 2 saturated heterocycles. The molecule has 1 aromatic heterocycles. The summed E-state index contributed by atoms with van der Waals surface area (Å²) < 4.78 is 19.9. The van der Waals surface area contributed by atoms with Crippen molar-refractivity contribution in [2.75, 3.05) is 10.3 Å². The predicted octanol–water partition coefficient (Wildman–Crippen LogP) is 8.80. The van der Waals surface area contributed by atoms with Crippen LogP contribution in [0.4, 0.5) is 15.8 Å². The number of aromatic hydroxyl groups is 1. The Hall–Kier alpha value is -6.59. The zero-order valence-corrected chi connectivity index (χ0v) is 32.6. The fraction of sp³-hybridized carbons (Fsp3) is 0.213. The number of aryl methyl sites for hydroxylation is 2. The van der Waals surface area contributed by atoms with E-state index >= 15 is 4.79 Å². The maximum Gasteiger partial charge on any atom is 0.260 e. The Morgan fingerprint density at radius 2 is 1.54 bits per heavy atom. The standard InChI is InChI=1S/C47H36ClFN4O6/c1-24-21-27(22-25(2)41(24)54)40-33-19-20-34-39(45(57)52(43(34)55)32-17-7-26(8-18-32)42-50-37-5-3-4-6-38(37)59-42)35(33)23-36-44(56)53(51-31-15-13-30(49)14-16-31)46(58)47(36,40)28-9-11-29(48)12-10-28/h3-19,21-22,34-36,39-40,51,54H,20,23H2,1-2H3. The maximum atomic E-state index is 15.4. The molecule has 2 N–H and O–H groups in total. The van der Waals surface area contributed by atoms with Gasteiger partial charge >= 0.3 is 0 Å². The molecule has 10 rings (SSSR count). The lowest BCUT2D eigenvalue weighted by molar-refractivity contribution is -0.138. The minimum absolute atomic E-state index is 0.0951. The van der Waals surface area contributed by atoms with Crippen LogP contribution in [0.1, 0.15) is 41.0 Å². The average Bonchev–Trinajstić information content (AvgIpc) is 3.85. The fourth-order valence-corrected chi connectivity index (χ4v) is 10.3. The third kappa shape index (κ3) is 5.47. The molecule has 12 heteroatoms. The number of hydrazine groups is 1. The van der Waals surface area contributed by atoms with E-state index < -0.39 is 52.6 Å². The van der Waals surface area contributed by atoms with Crippen LogP contribution in [0.15, 0.2) is 125 Å². The molecule has 6 unspecified atom stereocenters. The van der Waals surface area contributed by atoms with Crippen molar-refractivity contribution in [3.63, 3.8) is 0 Å². The second kappa shape index (κ2) is 13.5. The molecule has 3 heterocycles. The van der Waals surface area contributed by atoms with Crippen LogP contribution in [0.25, 0.3) is 22.6 Å².